The number of benzene rings is 1. The van der Waals surface area contributed by atoms with E-state index in [4.69, 9.17) is 0 Å². The van der Waals surface area contributed by atoms with Gasteiger partial charge in [-0.1, -0.05) is 43.0 Å². The van der Waals surface area contributed by atoms with Crippen LogP contribution in [0.4, 0.5) is 10.8 Å². The molecular weight excluding hydrogens is 274 g/mol. The molecule has 5 heteroatoms. The van der Waals surface area contributed by atoms with Crippen LogP contribution < -0.4 is 5.32 Å². The monoisotopic (exact) mass is 293 g/mol. The lowest BCUT2D eigenvalue weighted by atomic mass is 10.1. The third kappa shape index (κ3) is 4.21. The Morgan fingerprint density at radius 3 is 2.68 bits per heavy atom. The molecule has 0 aliphatic carbocycles. The molecule has 2 rings (SSSR count). The van der Waals surface area contributed by atoms with Crippen molar-refractivity contribution in [3.63, 3.8) is 0 Å². The molecule has 2 aromatic rings. The van der Waals surface area contributed by atoms with E-state index in [2.05, 4.69) is 61.4 Å². The number of rotatable bonds is 5. The van der Waals surface area contributed by atoms with Gasteiger partial charge < -0.3 is 5.32 Å². The second-order valence-corrected chi connectivity index (χ2v) is 7.25. The van der Waals surface area contributed by atoms with Crippen molar-refractivity contribution in [2.24, 2.45) is 5.92 Å². The standard InChI is InChI=1S/C14H19N3S2/c1-9(2)8-18-14-17-16-13(19-14)15-12-6-5-10(3)11(4)7-12/h5-7,9H,8H2,1-4H3,(H,15,16). The molecule has 0 fully saturated rings. The number of nitrogens with one attached hydrogen (secondary N) is 1. The number of thioether (sulfide) groups is 1. The normalized spacial score (nSPS) is 11.0. The molecule has 1 aromatic heterocycles. The van der Waals surface area contributed by atoms with Gasteiger partial charge in [-0.2, -0.15) is 0 Å². The third-order valence-electron chi connectivity index (χ3n) is 2.70. The molecule has 3 nitrogen and oxygen atoms in total. The summed E-state index contributed by atoms with van der Waals surface area (Å²) in [7, 11) is 0. The van der Waals surface area contributed by atoms with Crippen molar-refractivity contribution in [2.45, 2.75) is 32.0 Å². The van der Waals surface area contributed by atoms with E-state index < -0.39 is 0 Å². The highest BCUT2D eigenvalue weighted by atomic mass is 32.2. The summed E-state index contributed by atoms with van der Waals surface area (Å²) in [6.07, 6.45) is 0. The SMILES string of the molecule is Cc1ccc(Nc2nnc(SCC(C)C)s2)cc1C. The van der Waals surface area contributed by atoms with Gasteiger partial charge in [-0.25, -0.2) is 0 Å². The zero-order valence-corrected chi connectivity index (χ0v) is 13.4. The van der Waals surface area contributed by atoms with Crippen LogP contribution in [0.2, 0.25) is 0 Å². The van der Waals surface area contributed by atoms with Crippen LogP contribution in [0, 0.1) is 19.8 Å². The molecule has 1 aromatic carbocycles. The third-order valence-corrected chi connectivity index (χ3v) is 5.10. The molecule has 0 spiro atoms. The van der Waals surface area contributed by atoms with Gasteiger partial charge in [0.05, 0.1) is 0 Å². The number of anilines is 2. The lowest BCUT2D eigenvalue weighted by Crippen LogP contribution is -1.91. The zero-order chi connectivity index (χ0) is 13.8. The van der Waals surface area contributed by atoms with Crippen LogP contribution in [-0.4, -0.2) is 16.0 Å². The minimum atomic E-state index is 0.671. The quantitative estimate of drug-likeness (QED) is 0.815. The molecule has 19 heavy (non-hydrogen) atoms. The number of hydrogen-bond donors (Lipinski definition) is 1. The fraction of sp³-hybridized carbons (Fsp3) is 0.429. The molecule has 0 amide bonds. The second-order valence-electron chi connectivity index (χ2n) is 5.00. The summed E-state index contributed by atoms with van der Waals surface area (Å²) in [5.41, 5.74) is 3.65. The fourth-order valence-electron chi connectivity index (χ4n) is 1.50. The number of nitrogens with zero attached hydrogens (tertiary/aromatic N) is 2. The van der Waals surface area contributed by atoms with Crippen LogP contribution in [0.5, 0.6) is 0 Å². The van der Waals surface area contributed by atoms with Crippen molar-refractivity contribution in [1.29, 1.82) is 0 Å². The van der Waals surface area contributed by atoms with Gasteiger partial charge in [0.1, 0.15) is 0 Å². The van der Waals surface area contributed by atoms with Crippen LogP contribution in [-0.2, 0) is 0 Å². The van der Waals surface area contributed by atoms with Crippen molar-refractivity contribution >= 4 is 33.9 Å². The highest BCUT2D eigenvalue weighted by Gasteiger charge is 2.06. The van der Waals surface area contributed by atoms with Crippen molar-refractivity contribution < 1.29 is 0 Å². The Hall–Kier alpha value is -1.07. The molecule has 0 aliphatic rings. The van der Waals surface area contributed by atoms with Crippen molar-refractivity contribution in [2.75, 3.05) is 11.1 Å². The van der Waals surface area contributed by atoms with Crippen LogP contribution in [0.1, 0.15) is 25.0 Å². The van der Waals surface area contributed by atoms with Crippen molar-refractivity contribution in [3.8, 4) is 0 Å². The Morgan fingerprint density at radius 1 is 1.21 bits per heavy atom. The lowest BCUT2D eigenvalue weighted by Gasteiger charge is -2.05. The van der Waals surface area contributed by atoms with Crippen molar-refractivity contribution in [3.05, 3.63) is 29.3 Å². The first-order valence-electron chi connectivity index (χ1n) is 6.35. The maximum Gasteiger partial charge on any atom is 0.210 e. The Labute approximate surface area is 122 Å². The summed E-state index contributed by atoms with van der Waals surface area (Å²) >= 11 is 3.38. The van der Waals surface area contributed by atoms with E-state index >= 15 is 0 Å². The molecule has 102 valence electrons. The minimum Gasteiger partial charge on any atom is -0.330 e. The summed E-state index contributed by atoms with van der Waals surface area (Å²) in [4.78, 5) is 0. The van der Waals surface area contributed by atoms with Crippen LogP contribution in [0.3, 0.4) is 0 Å². The highest BCUT2D eigenvalue weighted by molar-refractivity contribution is 8.01. The van der Waals surface area contributed by atoms with Gasteiger partial charge in [-0.05, 0) is 43.0 Å². The van der Waals surface area contributed by atoms with Gasteiger partial charge in [0, 0.05) is 11.4 Å². The first kappa shape index (κ1) is 14.3. The predicted molar refractivity (Wildman–Crippen MR) is 84.7 cm³/mol. The Balaban J connectivity index is 2.01. The van der Waals surface area contributed by atoms with Crippen LogP contribution in [0.15, 0.2) is 22.5 Å². The largest absolute Gasteiger partial charge is 0.330 e. The van der Waals surface area contributed by atoms with E-state index in [1.54, 1.807) is 23.1 Å². The summed E-state index contributed by atoms with van der Waals surface area (Å²) in [6.45, 7) is 8.65. The van der Waals surface area contributed by atoms with Gasteiger partial charge >= 0.3 is 0 Å². The molecule has 0 saturated carbocycles. The molecule has 0 atom stereocenters. The summed E-state index contributed by atoms with van der Waals surface area (Å²) < 4.78 is 1.03. The first-order chi connectivity index (χ1) is 9.04. The van der Waals surface area contributed by atoms with Gasteiger partial charge in [0.15, 0.2) is 4.34 Å². The Morgan fingerprint density at radius 2 is 2.00 bits per heavy atom. The number of aryl methyl sites for hydroxylation is 2. The summed E-state index contributed by atoms with van der Waals surface area (Å²) in [5, 5.41) is 12.5. The number of aromatic nitrogens is 2. The van der Waals surface area contributed by atoms with Gasteiger partial charge in [-0.15, -0.1) is 10.2 Å². The van der Waals surface area contributed by atoms with Gasteiger partial charge in [0.25, 0.3) is 0 Å². The topological polar surface area (TPSA) is 37.8 Å². The number of hydrogen-bond acceptors (Lipinski definition) is 5. The average molecular weight is 293 g/mol. The first-order valence-corrected chi connectivity index (χ1v) is 8.15. The van der Waals surface area contributed by atoms with Crippen molar-refractivity contribution in [1.82, 2.24) is 10.2 Å². The second kappa shape index (κ2) is 6.39. The maximum absolute atomic E-state index is 4.19. The van der Waals surface area contributed by atoms with Gasteiger partial charge in [0.2, 0.25) is 5.13 Å². The summed E-state index contributed by atoms with van der Waals surface area (Å²) in [6, 6.07) is 6.33. The summed E-state index contributed by atoms with van der Waals surface area (Å²) in [5.74, 6) is 1.75. The van der Waals surface area contributed by atoms with E-state index in [1.807, 2.05) is 0 Å². The van der Waals surface area contributed by atoms with E-state index in [9.17, 15) is 0 Å². The molecule has 1 heterocycles. The van der Waals surface area contributed by atoms with E-state index in [0.29, 0.717) is 5.92 Å². The van der Waals surface area contributed by atoms with Crippen LogP contribution in [0.25, 0.3) is 0 Å². The smallest absolute Gasteiger partial charge is 0.210 e. The predicted octanol–water partition coefficient (Wildman–Crippen LogP) is 4.65. The van der Waals surface area contributed by atoms with E-state index in [-0.39, 0.29) is 0 Å². The molecule has 1 N–H and O–H groups in total. The molecular formula is C14H19N3S2. The maximum atomic E-state index is 4.19. The molecule has 0 bridgehead atoms. The van der Waals surface area contributed by atoms with E-state index in [0.717, 1.165) is 20.9 Å². The molecule has 0 unspecified atom stereocenters. The Kier molecular flexibility index (Phi) is 4.82. The fourth-order valence-corrected chi connectivity index (χ4v) is 3.25. The minimum absolute atomic E-state index is 0.671. The lowest BCUT2D eigenvalue weighted by molar-refractivity contribution is 0.749. The highest BCUT2D eigenvalue weighted by Crippen LogP contribution is 2.29. The average Bonchev–Trinajstić information content (AvgIpc) is 2.79. The van der Waals surface area contributed by atoms with Crippen LogP contribution >= 0.6 is 23.1 Å². The molecule has 0 aliphatic heterocycles. The zero-order valence-electron chi connectivity index (χ0n) is 11.7. The molecule has 0 saturated heterocycles. The van der Waals surface area contributed by atoms with Gasteiger partial charge in [-0.3, -0.25) is 0 Å². The molecule has 0 radical (unpaired) electrons. The Bertz CT molecular complexity index is 549. The van der Waals surface area contributed by atoms with E-state index in [1.165, 1.54) is 11.1 Å².